The first kappa shape index (κ1) is 19.2. The molecule has 1 heterocycles. The van der Waals surface area contributed by atoms with Crippen LogP contribution in [-0.4, -0.2) is 48.4 Å². The lowest BCUT2D eigenvalue weighted by molar-refractivity contribution is -0.158. The molecule has 1 aromatic carbocycles. The Balaban J connectivity index is 1.63. The highest BCUT2D eigenvalue weighted by Crippen LogP contribution is 2.11. The van der Waals surface area contributed by atoms with E-state index >= 15 is 0 Å². The Labute approximate surface area is 152 Å². The van der Waals surface area contributed by atoms with Crippen LogP contribution in [0.25, 0.3) is 0 Å². The highest BCUT2D eigenvalue weighted by molar-refractivity contribution is 6.30. The monoisotopic (exact) mass is 366 g/mol. The molecule has 1 atom stereocenters. The summed E-state index contributed by atoms with van der Waals surface area (Å²) < 4.78 is 5.17. The van der Waals surface area contributed by atoms with Gasteiger partial charge in [0.2, 0.25) is 0 Å². The van der Waals surface area contributed by atoms with E-state index in [0.29, 0.717) is 23.6 Å². The zero-order valence-electron chi connectivity index (χ0n) is 14.3. The van der Waals surface area contributed by atoms with Crippen molar-refractivity contribution in [3.63, 3.8) is 0 Å². The van der Waals surface area contributed by atoms with Gasteiger partial charge in [-0.25, -0.2) is 0 Å². The number of likely N-dealkylation sites (tertiary alicyclic amines) is 1. The predicted molar refractivity (Wildman–Crippen MR) is 94.4 cm³/mol. The van der Waals surface area contributed by atoms with Crippen LogP contribution < -0.4 is 5.32 Å². The third-order valence-electron chi connectivity index (χ3n) is 4.02. The molecule has 1 N–H and O–H groups in total. The van der Waals surface area contributed by atoms with Gasteiger partial charge in [0, 0.05) is 36.6 Å². The fraction of sp³-hybridized carbons (Fsp3) is 0.500. The topological polar surface area (TPSA) is 75.7 Å². The molecule has 2 amide bonds. The molecule has 6 nitrogen and oxygen atoms in total. The number of nitrogens with one attached hydrogen (secondary N) is 1. The minimum absolute atomic E-state index is 0.137. The normalized spacial score (nSPS) is 14.9. The number of nitrogens with zero attached hydrogens (tertiary/aromatic N) is 1. The van der Waals surface area contributed by atoms with Gasteiger partial charge in [0.25, 0.3) is 11.8 Å². The Bertz CT molecular complexity index is 612. The van der Waals surface area contributed by atoms with E-state index in [1.54, 1.807) is 36.1 Å². The number of hydrogen-bond acceptors (Lipinski definition) is 4. The molecule has 0 aromatic heterocycles. The Morgan fingerprint density at radius 3 is 2.48 bits per heavy atom. The van der Waals surface area contributed by atoms with Crippen molar-refractivity contribution in [1.29, 1.82) is 0 Å². The molecule has 1 fully saturated rings. The molecule has 0 aliphatic carbocycles. The fourth-order valence-corrected chi connectivity index (χ4v) is 2.77. The summed E-state index contributed by atoms with van der Waals surface area (Å²) in [7, 11) is 0. The third kappa shape index (κ3) is 6.05. The molecule has 0 bridgehead atoms. The van der Waals surface area contributed by atoms with Crippen LogP contribution in [0.5, 0.6) is 0 Å². The molecule has 25 heavy (non-hydrogen) atoms. The smallest absolute Gasteiger partial charge is 0.306 e. The van der Waals surface area contributed by atoms with E-state index in [4.69, 9.17) is 16.3 Å². The van der Waals surface area contributed by atoms with Gasteiger partial charge in [-0.15, -0.1) is 0 Å². The lowest BCUT2D eigenvalue weighted by Crippen LogP contribution is -2.38. The first-order chi connectivity index (χ1) is 12.0. The Morgan fingerprint density at radius 1 is 1.20 bits per heavy atom. The molecule has 1 saturated heterocycles. The first-order valence-corrected chi connectivity index (χ1v) is 8.87. The standard InChI is InChI=1S/C18H23ClN2O4/c1-13(18(24)21-11-2-3-12-21)25-16(22)5-4-10-20-17(23)14-6-8-15(19)9-7-14/h6-9,13H,2-5,10-12H2,1H3,(H,20,23). The highest BCUT2D eigenvalue weighted by Gasteiger charge is 2.25. The zero-order chi connectivity index (χ0) is 18.2. The van der Waals surface area contributed by atoms with E-state index in [1.165, 1.54) is 0 Å². The lowest BCUT2D eigenvalue weighted by Gasteiger charge is -2.20. The summed E-state index contributed by atoms with van der Waals surface area (Å²) in [4.78, 5) is 37.5. The molecule has 1 aliphatic heterocycles. The molecule has 1 aromatic rings. The van der Waals surface area contributed by atoms with Gasteiger partial charge >= 0.3 is 5.97 Å². The second-order valence-electron chi connectivity index (χ2n) is 6.03. The van der Waals surface area contributed by atoms with Gasteiger partial charge in [-0.2, -0.15) is 0 Å². The van der Waals surface area contributed by atoms with Crippen molar-refractivity contribution in [3.05, 3.63) is 34.9 Å². The molecule has 7 heteroatoms. The van der Waals surface area contributed by atoms with Crippen molar-refractivity contribution in [3.8, 4) is 0 Å². The molecule has 2 rings (SSSR count). The number of ether oxygens (including phenoxy) is 1. The van der Waals surface area contributed by atoms with Gasteiger partial charge in [0.15, 0.2) is 6.10 Å². The Kier molecular flexibility index (Phi) is 7.25. The van der Waals surface area contributed by atoms with Gasteiger partial charge in [0.1, 0.15) is 0 Å². The molecule has 136 valence electrons. The number of benzene rings is 1. The fourth-order valence-electron chi connectivity index (χ4n) is 2.64. The van der Waals surface area contributed by atoms with Gasteiger partial charge in [-0.05, 0) is 50.5 Å². The quantitative estimate of drug-likeness (QED) is 0.594. The molecule has 0 saturated carbocycles. The van der Waals surface area contributed by atoms with E-state index in [9.17, 15) is 14.4 Å². The Morgan fingerprint density at radius 2 is 1.84 bits per heavy atom. The molecule has 1 unspecified atom stereocenters. The average molecular weight is 367 g/mol. The molecule has 1 aliphatic rings. The van der Waals surface area contributed by atoms with Crippen molar-refractivity contribution < 1.29 is 19.1 Å². The minimum Gasteiger partial charge on any atom is -0.453 e. The van der Waals surface area contributed by atoms with Crippen LogP contribution >= 0.6 is 11.6 Å². The summed E-state index contributed by atoms with van der Waals surface area (Å²) in [5.74, 6) is -0.787. The predicted octanol–water partition coefficient (Wildman–Crippen LogP) is 2.40. The van der Waals surface area contributed by atoms with Crippen molar-refractivity contribution >= 4 is 29.4 Å². The van der Waals surface area contributed by atoms with Crippen molar-refractivity contribution in [2.45, 2.75) is 38.7 Å². The zero-order valence-corrected chi connectivity index (χ0v) is 15.1. The molecule has 0 spiro atoms. The Hall–Kier alpha value is -2.08. The minimum atomic E-state index is -0.755. The number of carbonyl (C=O) groups is 3. The van der Waals surface area contributed by atoms with E-state index < -0.39 is 12.1 Å². The summed E-state index contributed by atoms with van der Waals surface area (Å²) in [5.41, 5.74) is 0.511. The number of halogens is 1. The second kappa shape index (κ2) is 9.42. The van der Waals surface area contributed by atoms with E-state index in [0.717, 1.165) is 25.9 Å². The van der Waals surface area contributed by atoms with Crippen LogP contribution in [0.4, 0.5) is 0 Å². The molecular weight excluding hydrogens is 344 g/mol. The van der Waals surface area contributed by atoms with Crippen LogP contribution in [0.2, 0.25) is 5.02 Å². The number of carbonyl (C=O) groups excluding carboxylic acids is 3. The summed E-state index contributed by atoms with van der Waals surface area (Å²) in [6.45, 7) is 3.42. The number of amides is 2. The van der Waals surface area contributed by atoms with Crippen molar-refractivity contribution in [2.24, 2.45) is 0 Å². The average Bonchev–Trinajstić information content (AvgIpc) is 3.13. The maximum atomic E-state index is 12.1. The molecule has 0 radical (unpaired) electrons. The van der Waals surface area contributed by atoms with E-state index in [-0.39, 0.29) is 18.2 Å². The number of hydrogen-bond donors (Lipinski definition) is 1. The van der Waals surface area contributed by atoms with Gasteiger partial charge in [-0.1, -0.05) is 11.6 Å². The largest absolute Gasteiger partial charge is 0.453 e. The van der Waals surface area contributed by atoms with E-state index in [1.807, 2.05) is 0 Å². The number of rotatable bonds is 7. The molecular formula is C18H23ClN2O4. The van der Waals surface area contributed by atoms with Crippen molar-refractivity contribution in [2.75, 3.05) is 19.6 Å². The summed E-state index contributed by atoms with van der Waals surface area (Å²) in [5, 5.41) is 3.30. The maximum absolute atomic E-state index is 12.1. The van der Waals surface area contributed by atoms with Crippen LogP contribution in [0.3, 0.4) is 0 Å². The maximum Gasteiger partial charge on any atom is 0.306 e. The second-order valence-corrected chi connectivity index (χ2v) is 6.47. The van der Waals surface area contributed by atoms with Crippen LogP contribution in [0, 0.1) is 0 Å². The van der Waals surface area contributed by atoms with E-state index in [2.05, 4.69) is 5.32 Å². The summed E-state index contributed by atoms with van der Waals surface area (Å²) in [6.07, 6.45) is 1.84. The van der Waals surface area contributed by atoms with Crippen molar-refractivity contribution in [1.82, 2.24) is 10.2 Å². The summed E-state index contributed by atoms with van der Waals surface area (Å²) in [6, 6.07) is 6.56. The SMILES string of the molecule is CC(OC(=O)CCCNC(=O)c1ccc(Cl)cc1)C(=O)N1CCCC1. The van der Waals surface area contributed by atoms with Gasteiger partial charge in [-0.3, -0.25) is 14.4 Å². The summed E-state index contributed by atoms with van der Waals surface area (Å²) >= 11 is 5.77. The van der Waals surface area contributed by atoms with Gasteiger partial charge in [0.05, 0.1) is 0 Å². The first-order valence-electron chi connectivity index (χ1n) is 8.49. The van der Waals surface area contributed by atoms with Crippen LogP contribution in [-0.2, 0) is 14.3 Å². The van der Waals surface area contributed by atoms with Crippen LogP contribution in [0.1, 0.15) is 43.0 Å². The van der Waals surface area contributed by atoms with Gasteiger partial charge < -0.3 is 15.0 Å². The highest BCUT2D eigenvalue weighted by atomic mass is 35.5. The third-order valence-corrected chi connectivity index (χ3v) is 4.28. The number of esters is 1. The lowest BCUT2D eigenvalue weighted by atomic mass is 10.2. The van der Waals surface area contributed by atoms with Crippen LogP contribution in [0.15, 0.2) is 24.3 Å².